The van der Waals surface area contributed by atoms with E-state index in [0.717, 1.165) is 43.5 Å². The third kappa shape index (κ3) is 6.35. The van der Waals surface area contributed by atoms with Gasteiger partial charge in [-0.2, -0.15) is 5.26 Å². The third-order valence-corrected chi connectivity index (χ3v) is 8.98. The van der Waals surface area contributed by atoms with Gasteiger partial charge in [0, 0.05) is 23.4 Å². The highest BCUT2D eigenvalue weighted by atomic mass is 35.5. The SMILES string of the molecule is CCC1CCc2c(sc(NC(=O)CSc3nnc(CCCOc4ccc(Cl)cc4Cl)n3C)c2C#N)C1. The Hall–Kier alpha value is -2.25. The molecule has 190 valence electrons. The fourth-order valence-electron chi connectivity index (χ4n) is 4.19. The Labute approximate surface area is 229 Å². The van der Waals surface area contributed by atoms with Crippen molar-refractivity contribution in [2.24, 2.45) is 13.0 Å². The number of aromatic nitrogens is 3. The molecule has 1 aromatic carbocycles. The summed E-state index contributed by atoms with van der Waals surface area (Å²) < 4.78 is 7.62. The Bertz CT molecular complexity index is 1280. The molecule has 0 bridgehead atoms. The van der Waals surface area contributed by atoms with Crippen LogP contribution >= 0.6 is 46.3 Å². The molecule has 7 nitrogen and oxygen atoms in total. The van der Waals surface area contributed by atoms with Gasteiger partial charge in [0.2, 0.25) is 5.91 Å². The Balaban J connectivity index is 1.27. The molecule has 36 heavy (non-hydrogen) atoms. The number of carbonyl (C=O) groups is 1. The Kier molecular flexibility index (Phi) is 9.18. The van der Waals surface area contributed by atoms with Crippen LogP contribution in [0, 0.1) is 17.2 Å². The van der Waals surface area contributed by atoms with Crippen molar-refractivity contribution in [1.82, 2.24) is 14.8 Å². The number of nitriles is 1. The summed E-state index contributed by atoms with van der Waals surface area (Å²) in [5.41, 5.74) is 1.75. The van der Waals surface area contributed by atoms with Gasteiger partial charge in [0.25, 0.3) is 0 Å². The maximum Gasteiger partial charge on any atom is 0.235 e. The molecule has 4 rings (SSSR count). The maximum atomic E-state index is 12.7. The summed E-state index contributed by atoms with van der Waals surface area (Å²) in [7, 11) is 1.89. The number of nitrogens with zero attached hydrogens (tertiary/aromatic N) is 4. The molecule has 0 aliphatic heterocycles. The predicted molar refractivity (Wildman–Crippen MR) is 145 cm³/mol. The number of rotatable bonds is 10. The lowest BCUT2D eigenvalue weighted by Gasteiger charge is -2.20. The van der Waals surface area contributed by atoms with Gasteiger partial charge in [0.1, 0.15) is 22.6 Å². The molecule has 0 radical (unpaired) electrons. The Morgan fingerprint density at radius 2 is 2.22 bits per heavy atom. The highest BCUT2D eigenvalue weighted by molar-refractivity contribution is 7.99. The molecule has 11 heteroatoms. The van der Waals surface area contributed by atoms with E-state index in [1.807, 2.05) is 11.6 Å². The summed E-state index contributed by atoms with van der Waals surface area (Å²) in [4.78, 5) is 13.9. The summed E-state index contributed by atoms with van der Waals surface area (Å²) in [5, 5.41) is 23.5. The lowest BCUT2D eigenvalue weighted by Crippen LogP contribution is -2.14. The number of hydrogen-bond acceptors (Lipinski definition) is 7. The Morgan fingerprint density at radius 1 is 1.39 bits per heavy atom. The van der Waals surface area contributed by atoms with Crippen molar-refractivity contribution in [1.29, 1.82) is 5.26 Å². The number of anilines is 1. The van der Waals surface area contributed by atoms with E-state index in [9.17, 15) is 10.1 Å². The van der Waals surface area contributed by atoms with E-state index in [1.54, 1.807) is 29.5 Å². The van der Waals surface area contributed by atoms with Crippen LogP contribution in [0.3, 0.4) is 0 Å². The fraction of sp³-hybridized carbons (Fsp3) is 0.440. The van der Waals surface area contributed by atoms with Gasteiger partial charge in [-0.15, -0.1) is 21.5 Å². The van der Waals surface area contributed by atoms with Gasteiger partial charge in [-0.25, -0.2) is 0 Å². The predicted octanol–water partition coefficient (Wildman–Crippen LogP) is 6.31. The second-order valence-electron chi connectivity index (χ2n) is 8.66. The van der Waals surface area contributed by atoms with Gasteiger partial charge < -0.3 is 14.6 Å². The summed E-state index contributed by atoms with van der Waals surface area (Å²) in [5.74, 6) is 2.10. The zero-order chi connectivity index (χ0) is 25.7. The van der Waals surface area contributed by atoms with Gasteiger partial charge in [0.15, 0.2) is 5.16 Å². The van der Waals surface area contributed by atoms with E-state index in [1.165, 1.54) is 16.6 Å². The van der Waals surface area contributed by atoms with Gasteiger partial charge in [-0.3, -0.25) is 4.79 Å². The number of carbonyl (C=O) groups excluding carboxylic acids is 1. The van der Waals surface area contributed by atoms with Gasteiger partial charge in [-0.05, 0) is 55.4 Å². The molecule has 1 atom stereocenters. The molecule has 2 aromatic heterocycles. The first-order valence-corrected chi connectivity index (χ1v) is 14.4. The van der Waals surface area contributed by atoms with Gasteiger partial charge in [0.05, 0.1) is 22.9 Å². The smallest absolute Gasteiger partial charge is 0.235 e. The summed E-state index contributed by atoms with van der Waals surface area (Å²) in [6, 6.07) is 7.44. The zero-order valence-electron chi connectivity index (χ0n) is 20.1. The summed E-state index contributed by atoms with van der Waals surface area (Å²) in [6.07, 6.45) is 5.56. The molecular weight excluding hydrogens is 537 g/mol. The highest BCUT2D eigenvalue weighted by Gasteiger charge is 2.26. The average molecular weight is 565 g/mol. The second kappa shape index (κ2) is 12.3. The van der Waals surface area contributed by atoms with Crippen LogP contribution < -0.4 is 10.1 Å². The number of halogens is 2. The number of thiophene rings is 1. The minimum absolute atomic E-state index is 0.153. The minimum Gasteiger partial charge on any atom is -0.492 e. The van der Waals surface area contributed by atoms with Gasteiger partial charge >= 0.3 is 0 Å². The first-order chi connectivity index (χ1) is 17.4. The standard InChI is InChI=1S/C25H27Cl2N5O2S2/c1-3-15-6-8-17-18(13-28)24(36-21(17)11-15)29-23(33)14-35-25-31-30-22(32(25)2)5-4-10-34-20-9-7-16(26)12-19(20)27/h7,9,12,15H,3-6,8,10-11,14H2,1-2H3,(H,29,33). The van der Waals surface area contributed by atoms with Crippen molar-refractivity contribution in [3.8, 4) is 11.8 Å². The molecule has 0 spiro atoms. The Morgan fingerprint density at radius 3 is 2.97 bits per heavy atom. The number of amides is 1. The number of thioether (sulfide) groups is 1. The van der Waals surface area contributed by atoms with Crippen molar-refractivity contribution in [3.05, 3.63) is 50.1 Å². The molecule has 1 unspecified atom stereocenters. The molecule has 0 saturated heterocycles. The first kappa shape index (κ1) is 26.8. The molecule has 0 saturated carbocycles. The first-order valence-electron chi connectivity index (χ1n) is 11.8. The third-order valence-electron chi connectivity index (χ3n) is 6.26. The molecule has 1 aliphatic carbocycles. The zero-order valence-corrected chi connectivity index (χ0v) is 23.3. The van der Waals surface area contributed by atoms with E-state index in [4.69, 9.17) is 27.9 Å². The van der Waals surface area contributed by atoms with E-state index < -0.39 is 0 Å². The largest absolute Gasteiger partial charge is 0.492 e. The lowest BCUT2D eigenvalue weighted by molar-refractivity contribution is -0.113. The number of fused-ring (bicyclic) bond motifs is 1. The van der Waals surface area contributed by atoms with Gasteiger partial charge in [-0.1, -0.05) is 48.3 Å². The normalized spacial score (nSPS) is 14.8. The van der Waals surface area contributed by atoms with Crippen LogP contribution in [0.2, 0.25) is 10.0 Å². The quantitative estimate of drug-likeness (QED) is 0.229. The van der Waals surface area contributed by atoms with Crippen molar-refractivity contribution in [2.75, 3.05) is 17.7 Å². The van der Waals surface area contributed by atoms with Crippen LogP contribution in [-0.4, -0.2) is 33.0 Å². The van der Waals surface area contributed by atoms with Crippen LogP contribution in [0.5, 0.6) is 5.75 Å². The lowest BCUT2D eigenvalue weighted by atomic mass is 9.86. The summed E-state index contributed by atoms with van der Waals surface area (Å²) in [6.45, 7) is 2.68. The fourth-order valence-corrected chi connectivity index (χ4v) is 6.72. The minimum atomic E-state index is -0.153. The van der Waals surface area contributed by atoms with E-state index in [2.05, 4.69) is 28.5 Å². The number of hydrogen-bond donors (Lipinski definition) is 1. The number of nitrogens with one attached hydrogen (secondary N) is 1. The molecular formula is C25H27Cl2N5O2S2. The average Bonchev–Trinajstić information content (AvgIpc) is 3.39. The van der Waals surface area contributed by atoms with Crippen molar-refractivity contribution in [3.63, 3.8) is 0 Å². The molecule has 2 heterocycles. The highest BCUT2D eigenvalue weighted by Crippen LogP contribution is 2.40. The summed E-state index contributed by atoms with van der Waals surface area (Å²) >= 11 is 14.9. The van der Waals surface area contributed by atoms with Crippen LogP contribution in [0.25, 0.3) is 0 Å². The van der Waals surface area contributed by atoms with Crippen molar-refractivity contribution >= 4 is 57.2 Å². The van der Waals surface area contributed by atoms with Crippen LogP contribution in [0.1, 0.15) is 48.0 Å². The van der Waals surface area contributed by atoms with E-state index >= 15 is 0 Å². The van der Waals surface area contributed by atoms with E-state index in [0.29, 0.717) is 50.5 Å². The maximum absolute atomic E-state index is 12.7. The monoisotopic (exact) mass is 563 g/mol. The molecule has 1 aliphatic rings. The van der Waals surface area contributed by atoms with E-state index in [-0.39, 0.29) is 11.7 Å². The molecule has 1 N–H and O–H groups in total. The number of ether oxygens (including phenoxy) is 1. The van der Waals surface area contributed by atoms with Crippen molar-refractivity contribution in [2.45, 2.75) is 50.6 Å². The second-order valence-corrected chi connectivity index (χ2v) is 11.5. The topological polar surface area (TPSA) is 92.8 Å². The molecule has 3 aromatic rings. The van der Waals surface area contributed by atoms with Crippen LogP contribution in [-0.2, 0) is 31.1 Å². The van der Waals surface area contributed by atoms with Crippen LogP contribution in [0.4, 0.5) is 5.00 Å². The van der Waals surface area contributed by atoms with Crippen LogP contribution in [0.15, 0.2) is 23.4 Å². The molecule has 1 amide bonds. The molecule has 0 fully saturated rings. The number of aryl methyl sites for hydroxylation is 1. The van der Waals surface area contributed by atoms with Crippen molar-refractivity contribution < 1.29 is 9.53 Å². The number of benzene rings is 1.